The highest BCUT2D eigenvalue weighted by Gasteiger charge is 2.08. The minimum absolute atomic E-state index is 0.438. The van der Waals surface area contributed by atoms with Crippen molar-refractivity contribution in [3.05, 3.63) is 29.0 Å². The lowest BCUT2D eigenvalue weighted by molar-refractivity contribution is 0.412. The summed E-state index contributed by atoms with van der Waals surface area (Å²) in [5.74, 6) is 1.69. The van der Waals surface area contributed by atoms with Crippen molar-refractivity contribution in [2.75, 3.05) is 7.11 Å². The van der Waals surface area contributed by atoms with E-state index >= 15 is 0 Å². The molecule has 0 aliphatic carbocycles. The molecule has 0 N–H and O–H groups in total. The van der Waals surface area contributed by atoms with E-state index in [0.717, 1.165) is 5.56 Å². The fraction of sp³-hybridized carbons (Fsp3) is 0.200. The first-order chi connectivity index (χ1) is 7.19. The van der Waals surface area contributed by atoms with Crippen molar-refractivity contribution in [3.8, 4) is 17.2 Å². The molecule has 0 unspecified atom stereocenters. The standard InChI is InChI=1S/C10H9ClN2O2/c1-6-12-10(15-13-6)7-3-8(11)5-9(4-7)14-2/h3-5H,1-2H3. The molecule has 2 rings (SSSR count). The first-order valence-electron chi connectivity index (χ1n) is 4.34. The van der Waals surface area contributed by atoms with Gasteiger partial charge in [-0.2, -0.15) is 4.98 Å². The second-order valence-corrected chi connectivity index (χ2v) is 3.46. The first-order valence-corrected chi connectivity index (χ1v) is 4.72. The Morgan fingerprint density at radius 2 is 2.13 bits per heavy atom. The van der Waals surface area contributed by atoms with Crippen molar-refractivity contribution in [2.24, 2.45) is 0 Å². The zero-order valence-electron chi connectivity index (χ0n) is 8.32. The van der Waals surface area contributed by atoms with Gasteiger partial charge in [0.25, 0.3) is 5.89 Å². The molecule has 0 spiro atoms. The van der Waals surface area contributed by atoms with Crippen LogP contribution in [0.5, 0.6) is 5.75 Å². The topological polar surface area (TPSA) is 48.2 Å². The zero-order chi connectivity index (χ0) is 10.8. The van der Waals surface area contributed by atoms with Gasteiger partial charge < -0.3 is 9.26 Å². The second kappa shape index (κ2) is 3.90. The van der Waals surface area contributed by atoms with Gasteiger partial charge in [-0.15, -0.1) is 0 Å². The van der Waals surface area contributed by atoms with Crippen LogP contribution < -0.4 is 4.74 Å². The van der Waals surface area contributed by atoms with Gasteiger partial charge in [-0.3, -0.25) is 0 Å². The summed E-state index contributed by atoms with van der Waals surface area (Å²) in [7, 11) is 1.58. The third-order valence-electron chi connectivity index (χ3n) is 1.88. The van der Waals surface area contributed by atoms with E-state index in [1.54, 1.807) is 32.2 Å². The van der Waals surface area contributed by atoms with Crippen LogP contribution in [0.1, 0.15) is 5.82 Å². The Morgan fingerprint density at radius 3 is 2.73 bits per heavy atom. The van der Waals surface area contributed by atoms with Crippen LogP contribution in [0.4, 0.5) is 0 Å². The number of rotatable bonds is 2. The molecule has 0 aliphatic heterocycles. The highest BCUT2D eigenvalue weighted by molar-refractivity contribution is 6.31. The van der Waals surface area contributed by atoms with E-state index in [4.69, 9.17) is 20.9 Å². The van der Waals surface area contributed by atoms with Crippen LogP contribution in [0.3, 0.4) is 0 Å². The number of ether oxygens (including phenoxy) is 1. The Kier molecular flexibility index (Phi) is 2.60. The third kappa shape index (κ3) is 2.10. The Balaban J connectivity index is 2.48. The smallest absolute Gasteiger partial charge is 0.258 e. The van der Waals surface area contributed by atoms with Crippen LogP contribution in [0.2, 0.25) is 5.02 Å². The van der Waals surface area contributed by atoms with Crippen molar-refractivity contribution in [3.63, 3.8) is 0 Å². The fourth-order valence-corrected chi connectivity index (χ4v) is 1.44. The minimum Gasteiger partial charge on any atom is -0.497 e. The number of aryl methyl sites for hydroxylation is 1. The quantitative estimate of drug-likeness (QED) is 0.787. The molecule has 5 heteroatoms. The van der Waals surface area contributed by atoms with Gasteiger partial charge in [-0.05, 0) is 25.1 Å². The summed E-state index contributed by atoms with van der Waals surface area (Å²) in [6.45, 7) is 1.76. The summed E-state index contributed by atoms with van der Waals surface area (Å²) in [6, 6.07) is 5.25. The van der Waals surface area contributed by atoms with Gasteiger partial charge in [-0.1, -0.05) is 16.8 Å². The Bertz CT molecular complexity index is 482. The Hall–Kier alpha value is -1.55. The predicted octanol–water partition coefficient (Wildman–Crippen LogP) is 2.71. The molecule has 0 atom stereocenters. The number of benzene rings is 1. The van der Waals surface area contributed by atoms with Gasteiger partial charge in [0.1, 0.15) is 5.75 Å². The number of halogens is 1. The van der Waals surface area contributed by atoms with Crippen molar-refractivity contribution in [2.45, 2.75) is 6.92 Å². The van der Waals surface area contributed by atoms with E-state index in [-0.39, 0.29) is 0 Å². The Morgan fingerprint density at radius 1 is 1.33 bits per heavy atom. The average molecular weight is 225 g/mol. The molecule has 0 saturated carbocycles. The molecule has 78 valence electrons. The number of aromatic nitrogens is 2. The van der Waals surface area contributed by atoms with E-state index in [1.807, 2.05) is 0 Å². The minimum atomic E-state index is 0.438. The number of methoxy groups -OCH3 is 1. The molecule has 0 saturated heterocycles. The summed E-state index contributed by atoms with van der Waals surface area (Å²) >= 11 is 5.92. The molecule has 0 amide bonds. The molecule has 4 nitrogen and oxygen atoms in total. The molecule has 2 aromatic rings. The summed E-state index contributed by atoms with van der Waals surface area (Å²) in [5, 5.41) is 4.28. The van der Waals surface area contributed by atoms with Crippen molar-refractivity contribution in [1.82, 2.24) is 10.1 Å². The maximum Gasteiger partial charge on any atom is 0.258 e. The molecule has 1 heterocycles. The average Bonchev–Trinajstić information content (AvgIpc) is 2.64. The van der Waals surface area contributed by atoms with Gasteiger partial charge in [0.2, 0.25) is 0 Å². The molecule has 0 bridgehead atoms. The van der Waals surface area contributed by atoms with Gasteiger partial charge >= 0.3 is 0 Å². The van der Waals surface area contributed by atoms with Gasteiger partial charge in [0.05, 0.1) is 7.11 Å². The maximum absolute atomic E-state index is 5.92. The molecule has 15 heavy (non-hydrogen) atoms. The molecule has 0 fully saturated rings. The normalized spacial score (nSPS) is 10.3. The van der Waals surface area contributed by atoms with Crippen LogP contribution in [-0.4, -0.2) is 17.3 Å². The van der Waals surface area contributed by atoms with Gasteiger partial charge in [-0.25, -0.2) is 0 Å². The first kappa shape index (κ1) is 9.98. The van der Waals surface area contributed by atoms with Crippen molar-refractivity contribution < 1.29 is 9.26 Å². The summed E-state index contributed by atoms with van der Waals surface area (Å²) in [5.41, 5.74) is 0.750. The van der Waals surface area contributed by atoms with Crippen molar-refractivity contribution >= 4 is 11.6 Å². The maximum atomic E-state index is 5.92. The fourth-order valence-electron chi connectivity index (χ4n) is 1.22. The van der Waals surface area contributed by atoms with E-state index in [2.05, 4.69) is 10.1 Å². The van der Waals surface area contributed by atoms with Gasteiger partial charge in [0, 0.05) is 10.6 Å². The molecule has 0 aliphatic rings. The lowest BCUT2D eigenvalue weighted by atomic mass is 10.2. The van der Waals surface area contributed by atoms with Crippen LogP contribution in [0.15, 0.2) is 22.7 Å². The van der Waals surface area contributed by atoms with E-state index in [0.29, 0.717) is 22.5 Å². The van der Waals surface area contributed by atoms with Crippen LogP contribution in [-0.2, 0) is 0 Å². The van der Waals surface area contributed by atoms with Gasteiger partial charge in [0.15, 0.2) is 5.82 Å². The lowest BCUT2D eigenvalue weighted by Gasteiger charge is -2.01. The molecule has 0 radical (unpaired) electrons. The molecular weight excluding hydrogens is 216 g/mol. The second-order valence-electron chi connectivity index (χ2n) is 3.03. The summed E-state index contributed by atoms with van der Waals surface area (Å²) in [4.78, 5) is 4.11. The zero-order valence-corrected chi connectivity index (χ0v) is 9.08. The van der Waals surface area contributed by atoms with Crippen LogP contribution >= 0.6 is 11.6 Å². The number of nitrogens with zero attached hydrogens (tertiary/aromatic N) is 2. The SMILES string of the molecule is COc1cc(Cl)cc(-c2nc(C)no2)c1. The summed E-state index contributed by atoms with van der Waals surface area (Å²) < 4.78 is 10.1. The Labute approximate surface area is 91.8 Å². The van der Waals surface area contributed by atoms with Crippen molar-refractivity contribution in [1.29, 1.82) is 0 Å². The van der Waals surface area contributed by atoms with E-state index in [1.165, 1.54) is 0 Å². The van der Waals surface area contributed by atoms with E-state index < -0.39 is 0 Å². The van der Waals surface area contributed by atoms with E-state index in [9.17, 15) is 0 Å². The monoisotopic (exact) mass is 224 g/mol. The molecular formula is C10H9ClN2O2. The third-order valence-corrected chi connectivity index (χ3v) is 2.10. The number of hydrogen-bond acceptors (Lipinski definition) is 4. The highest BCUT2D eigenvalue weighted by Crippen LogP contribution is 2.27. The largest absolute Gasteiger partial charge is 0.497 e. The summed E-state index contributed by atoms with van der Waals surface area (Å²) in [6.07, 6.45) is 0. The van der Waals surface area contributed by atoms with Crippen LogP contribution in [0.25, 0.3) is 11.5 Å². The number of hydrogen-bond donors (Lipinski definition) is 0. The molecule has 1 aromatic heterocycles. The van der Waals surface area contributed by atoms with Crippen LogP contribution in [0, 0.1) is 6.92 Å². The predicted molar refractivity (Wildman–Crippen MR) is 56.0 cm³/mol. The lowest BCUT2D eigenvalue weighted by Crippen LogP contribution is -1.85. The molecule has 1 aromatic carbocycles. The highest BCUT2D eigenvalue weighted by atomic mass is 35.5.